The van der Waals surface area contributed by atoms with Crippen LogP contribution in [0.2, 0.25) is 0 Å². The number of carbonyl (C=O) groups excluding carboxylic acids is 1. The van der Waals surface area contributed by atoms with Crippen molar-refractivity contribution in [1.29, 1.82) is 0 Å². The first-order chi connectivity index (χ1) is 11.3. The number of carbonyl (C=O) groups is 1. The first kappa shape index (κ1) is 16.8. The molecule has 0 spiro atoms. The minimum atomic E-state index is -4.46. The van der Waals surface area contributed by atoms with Crippen molar-refractivity contribution in [2.45, 2.75) is 24.6 Å². The Bertz CT molecular complexity index is 726. The van der Waals surface area contributed by atoms with Crippen LogP contribution in [0.25, 0.3) is 0 Å². The number of hydrogen-bond acceptors (Lipinski definition) is 5. The van der Waals surface area contributed by atoms with E-state index in [1.54, 1.807) is 0 Å². The molecule has 1 fully saturated rings. The SMILES string of the molecule is O=C(c1cnsn1)N1CCC(O)(c2cccc(C(F)(F)F)c2)CC1. The lowest BCUT2D eigenvalue weighted by atomic mass is 9.83. The number of rotatable bonds is 2. The highest BCUT2D eigenvalue weighted by Gasteiger charge is 2.38. The predicted molar refractivity (Wildman–Crippen MR) is 80.4 cm³/mol. The number of likely N-dealkylation sites (tertiary alicyclic amines) is 1. The molecule has 1 amide bonds. The van der Waals surface area contributed by atoms with E-state index in [1.807, 2.05) is 0 Å². The molecule has 9 heteroatoms. The summed E-state index contributed by atoms with van der Waals surface area (Å²) in [6, 6.07) is 4.72. The summed E-state index contributed by atoms with van der Waals surface area (Å²) < 4.78 is 46.2. The van der Waals surface area contributed by atoms with Crippen molar-refractivity contribution in [3.05, 3.63) is 47.3 Å². The monoisotopic (exact) mass is 357 g/mol. The number of hydrogen-bond donors (Lipinski definition) is 1. The first-order valence-corrected chi connectivity index (χ1v) is 8.00. The molecule has 3 rings (SSSR count). The first-order valence-electron chi connectivity index (χ1n) is 7.26. The summed E-state index contributed by atoms with van der Waals surface area (Å²) in [6.07, 6.45) is -2.75. The highest BCUT2D eigenvalue weighted by molar-refractivity contribution is 6.99. The van der Waals surface area contributed by atoms with Crippen LogP contribution in [0.4, 0.5) is 13.2 Å². The fraction of sp³-hybridized carbons (Fsp3) is 0.400. The molecule has 1 aliphatic rings. The summed E-state index contributed by atoms with van der Waals surface area (Å²) >= 11 is 0.929. The second kappa shape index (κ2) is 6.14. The Morgan fingerprint density at radius 2 is 2.00 bits per heavy atom. The average molecular weight is 357 g/mol. The van der Waals surface area contributed by atoms with E-state index in [0.29, 0.717) is 0 Å². The Morgan fingerprint density at radius 3 is 2.58 bits per heavy atom. The molecular formula is C15H14F3N3O2S. The quantitative estimate of drug-likeness (QED) is 0.897. The van der Waals surface area contributed by atoms with Gasteiger partial charge in [0.25, 0.3) is 5.91 Å². The van der Waals surface area contributed by atoms with Gasteiger partial charge in [0.2, 0.25) is 0 Å². The summed E-state index contributed by atoms with van der Waals surface area (Å²) in [6.45, 7) is 0.478. The smallest absolute Gasteiger partial charge is 0.385 e. The van der Waals surface area contributed by atoms with Gasteiger partial charge in [-0.2, -0.15) is 21.9 Å². The molecule has 1 N–H and O–H groups in total. The Hall–Kier alpha value is -2.00. The van der Waals surface area contributed by atoms with Crippen molar-refractivity contribution in [3.63, 3.8) is 0 Å². The van der Waals surface area contributed by atoms with E-state index in [9.17, 15) is 23.1 Å². The van der Waals surface area contributed by atoms with Crippen molar-refractivity contribution in [2.24, 2.45) is 0 Å². The third-order valence-electron chi connectivity index (χ3n) is 4.19. The number of halogens is 3. The fourth-order valence-electron chi connectivity index (χ4n) is 2.77. The molecule has 0 aliphatic carbocycles. The number of aromatic nitrogens is 2. The lowest BCUT2D eigenvalue weighted by Gasteiger charge is -2.38. The minimum Gasteiger partial charge on any atom is -0.385 e. The molecule has 1 saturated heterocycles. The van der Waals surface area contributed by atoms with Gasteiger partial charge < -0.3 is 10.0 Å². The highest BCUT2D eigenvalue weighted by Crippen LogP contribution is 2.36. The topological polar surface area (TPSA) is 66.3 Å². The van der Waals surface area contributed by atoms with E-state index in [2.05, 4.69) is 8.75 Å². The molecule has 2 heterocycles. The van der Waals surface area contributed by atoms with E-state index < -0.39 is 17.3 Å². The van der Waals surface area contributed by atoms with Crippen molar-refractivity contribution >= 4 is 17.6 Å². The van der Waals surface area contributed by atoms with Crippen LogP contribution in [0, 0.1) is 0 Å². The number of nitrogens with zero attached hydrogens (tertiary/aromatic N) is 3. The number of amides is 1. The molecular weight excluding hydrogens is 343 g/mol. The molecule has 0 atom stereocenters. The van der Waals surface area contributed by atoms with Crippen LogP contribution in [0.1, 0.15) is 34.5 Å². The van der Waals surface area contributed by atoms with Crippen LogP contribution >= 0.6 is 11.7 Å². The van der Waals surface area contributed by atoms with Gasteiger partial charge in [0.05, 0.1) is 29.1 Å². The molecule has 2 aromatic rings. The van der Waals surface area contributed by atoms with Gasteiger partial charge in [0.1, 0.15) is 0 Å². The Kier molecular flexibility index (Phi) is 4.31. The van der Waals surface area contributed by atoms with Crippen LogP contribution in [-0.2, 0) is 11.8 Å². The van der Waals surface area contributed by atoms with Crippen LogP contribution in [-0.4, -0.2) is 37.8 Å². The van der Waals surface area contributed by atoms with Gasteiger partial charge in [-0.25, -0.2) is 0 Å². The molecule has 5 nitrogen and oxygen atoms in total. The van der Waals surface area contributed by atoms with Gasteiger partial charge in [0, 0.05) is 13.1 Å². The van der Waals surface area contributed by atoms with E-state index in [4.69, 9.17) is 0 Å². The molecule has 1 aromatic heterocycles. The van der Waals surface area contributed by atoms with E-state index in [1.165, 1.54) is 23.2 Å². The standard InChI is InChI=1S/C15H14F3N3O2S/c16-15(17,18)11-3-1-2-10(8-11)14(23)4-6-21(7-5-14)13(22)12-9-19-24-20-12/h1-3,8-9,23H,4-7H2. The molecule has 1 aromatic carbocycles. The molecule has 0 saturated carbocycles. The lowest BCUT2D eigenvalue weighted by molar-refractivity contribution is -0.137. The normalized spacial score (nSPS) is 17.8. The van der Waals surface area contributed by atoms with Crippen LogP contribution in [0.15, 0.2) is 30.5 Å². The summed E-state index contributed by atoms with van der Waals surface area (Å²) in [5, 5.41) is 10.7. The zero-order valence-electron chi connectivity index (χ0n) is 12.5. The largest absolute Gasteiger partial charge is 0.416 e. The van der Waals surface area contributed by atoms with Gasteiger partial charge in [-0.15, -0.1) is 0 Å². The average Bonchev–Trinajstić information content (AvgIpc) is 3.09. The maximum atomic E-state index is 12.8. The lowest BCUT2D eigenvalue weighted by Crippen LogP contribution is -2.45. The number of alkyl halides is 3. The van der Waals surface area contributed by atoms with Gasteiger partial charge in [-0.05, 0) is 30.5 Å². The number of benzene rings is 1. The van der Waals surface area contributed by atoms with E-state index in [-0.39, 0.29) is 43.1 Å². The minimum absolute atomic E-state index is 0.164. The van der Waals surface area contributed by atoms with Crippen molar-refractivity contribution in [2.75, 3.05) is 13.1 Å². The Morgan fingerprint density at radius 1 is 1.29 bits per heavy atom. The Labute approximate surface area is 140 Å². The number of aliphatic hydroxyl groups is 1. The third kappa shape index (κ3) is 3.27. The second-order valence-electron chi connectivity index (χ2n) is 5.70. The molecule has 24 heavy (non-hydrogen) atoms. The van der Waals surface area contributed by atoms with Gasteiger partial charge in [-0.3, -0.25) is 4.79 Å². The summed E-state index contributed by atoms with van der Waals surface area (Å²) in [5.74, 6) is -0.283. The molecule has 0 radical (unpaired) electrons. The van der Waals surface area contributed by atoms with Crippen molar-refractivity contribution in [3.8, 4) is 0 Å². The zero-order valence-corrected chi connectivity index (χ0v) is 13.3. The predicted octanol–water partition coefficient (Wildman–Crippen LogP) is 2.68. The van der Waals surface area contributed by atoms with Crippen LogP contribution in [0.5, 0.6) is 0 Å². The molecule has 1 aliphatic heterocycles. The molecule has 0 bridgehead atoms. The summed E-state index contributed by atoms with van der Waals surface area (Å²) in [7, 11) is 0. The van der Waals surface area contributed by atoms with Crippen molar-refractivity contribution in [1.82, 2.24) is 13.6 Å². The van der Waals surface area contributed by atoms with Gasteiger partial charge >= 0.3 is 6.18 Å². The summed E-state index contributed by atoms with van der Waals surface area (Å²) in [4.78, 5) is 13.7. The maximum Gasteiger partial charge on any atom is 0.416 e. The van der Waals surface area contributed by atoms with Gasteiger partial charge in [0.15, 0.2) is 5.69 Å². The number of piperidine rings is 1. The maximum absolute atomic E-state index is 12.8. The fourth-order valence-corrected chi connectivity index (χ4v) is 3.18. The van der Waals surface area contributed by atoms with Gasteiger partial charge in [-0.1, -0.05) is 12.1 Å². The van der Waals surface area contributed by atoms with Crippen molar-refractivity contribution < 1.29 is 23.1 Å². The summed E-state index contributed by atoms with van der Waals surface area (Å²) in [5.41, 5.74) is -1.71. The van der Waals surface area contributed by atoms with E-state index in [0.717, 1.165) is 23.9 Å². The molecule has 128 valence electrons. The van der Waals surface area contributed by atoms with Crippen LogP contribution < -0.4 is 0 Å². The Balaban J connectivity index is 1.74. The van der Waals surface area contributed by atoms with Crippen LogP contribution in [0.3, 0.4) is 0 Å². The second-order valence-corrected chi connectivity index (χ2v) is 6.25. The molecule has 0 unspecified atom stereocenters. The highest BCUT2D eigenvalue weighted by atomic mass is 32.1. The zero-order chi connectivity index (χ0) is 17.4. The van der Waals surface area contributed by atoms with E-state index >= 15 is 0 Å². The third-order valence-corrected chi connectivity index (χ3v) is 4.66.